The molecule has 1 aliphatic heterocycles. The molecule has 0 spiro atoms. The molecule has 4 heteroatoms. The van der Waals surface area contributed by atoms with E-state index in [-0.39, 0.29) is 5.60 Å². The van der Waals surface area contributed by atoms with Crippen LogP contribution in [0.5, 0.6) is 0 Å². The van der Waals surface area contributed by atoms with Crippen LogP contribution < -0.4 is 5.73 Å². The Morgan fingerprint density at radius 1 is 1.46 bits per heavy atom. The summed E-state index contributed by atoms with van der Waals surface area (Å²) < 4.78 is 4.55. The Morgan fingerprint density at radius 2 is 1.92 bits per heavy atom. The van der Waals surface area contributed by atoms with Gasteiger partial charge in [-0.25, -0.2) is 0 Å². The number of hydrogen-bond acceptors (Lipinski definition) is 4. The summed E-state index contributed by atoms with van der Waals surface area (Å²) in [6.07, 6.45) is 0. The van der Waals surface area contributed by atoms with Crippen LogP contribution in [-0.4, -0.2) is 43.2 Å². The molecule has 1 aliphatic rings. The van der Waals surface area contributed by atoms with E-state index in [1.54, 1.807) is 0 Å². The fourth-order valence-electron chi connectivity index (χ4n) is 0.892. The molecule has 0 radical (unpaired) electrons. The molecule has 13 heavy (non-hydrogen) atoms. The van der Waals surface area contributed by atoms with Crippen molar-refractivity contribution in [1.82, 2.24) is 4.90 Å². The molecule has 0 atom stereocenters. The minimum atomic E-state index is -0.318. The molecule has 0 aromatic rings. The Balaban J connectivity index is 0.000000223. The smallest absolute Gasteiger partial charge is 0.293 e. The normalized spacial score (nSPS) is 18.2. The van der Waals surface area contributed by atoms with Gasteiger partial charge in [0.1, 0.15) is 5.60 Å². The Morgan fingerprint density at radius 3 is 1.92 bits per heavy atom. The maximum Gasteiger partial charge on any atom is 0.293 e. The third-order valence-corrected chi connectivity index (χ3v) is 1.49. The average Bonchev–Trinajstić information content (AvgIpc) is 1.83. The second-order valence-electron chi connectivity index (χ2n) is 4.31. The maximum atomic E-state index is 9.60. The molecule has 1 heterocycles. The van der Waals surface area contributed by atoms with Crippen LogP contribution in [-0.2, 0) is 9.53 Å². The lowest BCUT2D eigenvalue weighted by molar-refractivity contribution is -0.138. The van der Waals surface area contributed by atoms with Crippen LogP contribution in [0.2, 0.25) is 0 Å². The highest BCUT2D eigenvalue weighted by molar-refractivity contribution is 5.37. The van der Waals surface area contributed by atoms with Gasteiger partial charge in [0, 0.05) is 19.1 Å². The van der Waals surface area contributed by atoms with E-state index in [2.05, 4.69) is 16.7 Å². The molecule has 0 unspecified atom stereocenters. The Kier molecular flexibility index (Phi) is 4.95. The number of carbonyl (C=O) groups excluding carboxylic acids is 1. The predicted octanol–water partition coefficient (Wildman–Crippen LogP) is 0.217. The molecule has 78 valence electrons. The summed E-state index contributed by atoms with van der Waals surface area (Å²) >= 11 is 0. The quantitative estimate of drug-likeness (QED) is 0.598. The van der Waals surface area contributed by atoms with Crippen LogP contribution in [0.1, 0.15) is 20.8 Å². The molecule has 2 N–H and O–H groups in total. The van der Waals surface area contributed by atoms with Crippen molar-refractivity contribution < 1.29 is 9.53 Å². The van der Waals surface area contributed by atoms with Gasteiger partial charge < -0.3 is 15.4 Å². The van der Waals surface area contributed by atoms with Crippen LogP contribution in [0.3, 0.4) is 0 Å². The fraction of sp³-hybridized carbons (Fsp3) is 0.889. The average molecular weight is 188 g/mol. The van der Waals surface area contributed by atoms with Crippen molar-refractivity contribution in [3.63, 3.8) is 0 Å². The van der Waals surface area contributed by atoms with Crippen molar-refractivity contribution >= 4 is 6.47 Å². The Hall–Kier alpha value is -0.610. The Bertz CT molecular complexity index is 142. The van der Waals surface area contributed by atoms with E-state index in [9.17, 15) is 4.79 Å². The van der Waals surface area contributed by atoms with Gasteiger partial charge in [-0.3, -0.25) is 4.79 Å². The molecule has 0 aromatic heterocycles. The highest BCUT2D eigenvalue weighted by Crippen LogP contribution is 2.02. The monoisotopic (exact) mass is 188 g/mol. The van der Waals surface area contributed by atoms with Crippen molar-refractivity contribution in [2.24, 2.45) is 5.73 Å². The van der Waals surface area contributed by atoms with E-state index in [0.717, 1.165) is 13.1 Å². The first-order chi connectivity index (χ1) is 5.85. The molecular formula is C9H20N2O2. The van der Waals surface area contributed by atoms with Crippen molar-refractivity contribution in [2.75, 3.05) is 20.1 Å². The summed E-state index contributed by atoms with van der Waals surface area (Å²) in [6, 6.07) is 0.468. The summed E-state index contributed by atoms with van der Waals surface area (Å²) in [6.45, 7) is 8.09. The van der Waals surface area contributed by atoms with E-state index >= 15 is 0 Å². The zero-order valence-electron chi connectivity index (χ0n) is 8.91. The minimum absolute atomic E-state index is 0.318. The van der Waals surface area contributed by atoms with Gasteiger partial charge in [-0.2, -0.15) is 0 Å². The summed E-state index contributed by atoms with van der Waals surface area (Å²) in [4.78, 5) is 11.8. The Labute approximate surface area is 80.0 Å². The van der Waals surface area contributed by atoms with Crippen molar-refractivity contribution in [2.45, 2.75) is 32.4 Å². The van der Waals surface area contributed by atoms with Crippen LogP contribution in [0.15, 0.2) is 0 Å². The highest BCUT2D eigenvalue weighted by Gasteiger charge is 2.17. The maximum absolute atomic E-state index is 9.60. The van der Waals surface area contributed by atoms with Crippen LogP contribution in [0, 0.1) is 0 Å². The molecule has 1 rings (SSSR count). The van der Waals surface area contributed by atoms with Crippen molar-refractivity contribution in [3.8, 4) is 0 Å². The number of carbonyl (C=O) groups is 1. The van der Waals surface area contributed by atoms with Crippen LogP contribution in [0.25, 0.3) is 0 Å². The third-order valence-electron chi connectivity index (χ3n) is 1.49. The van der Waals surface area contributed by atoms with E-state index in [1.165, 1.54) is 0 Å². The number of nitrogens with two attached hydrogens (primary N) is 1. The SMILES string of the molecule is CC(C)(C)OC=O.CN1CC(N)C1. The van der Waals surface area contributed by atoms with E-state index < -0.39 is 0 Å². The number of likely N-dealkylation sites (tertiary alicyclic amines) is 1. The predicted molar refractivity (Wildman–Crippen MR) is 52.4 cm³/mol. The van der Waals surface area contributed by atoms with Crippen LogP contribution in [0.4, 0.5) is 0 Å². The lowest BCUT2D eigenvalue weighted by Gasteiger charge is -2.32. The molecule has 1 fully saturated rings. The van der Waals surface area contributed by atoms with Gasteiger partial charge in [0.25, 0.3) is 6.47 Å². The molecule has 0 aliphatic carbocycles. The fourth-order valence-corrected chi connectivity index (χ4v) is 0.892. The summed E-state index contributed by atoms with van der Waals surface area (Å²) in [7, 11) is 2.07. The standard InChI is InChI=1S/C5H10O2.C4H10N2/c1-5(2,3)7-4-6;1-6-2-4(5)3-6/h4H,1-3H3;4H,2-3,5H2,1H3. The van der Waals surface area contributed by atoms with Crippen molar-refractivity contribution in [3.05, 3.63) is 0 Å². The first kappa shape index (κ1) is 12.4. The van der Waals surface area contributed by atoms with Gasteiger partial charge in [-0.15, -0.1) is 0 Å². The molecule has 4 nitrogen and oxygen atoms in total. The number of hydrogen-bond donors (Lipinski definition) is 1. The van der Waals surface area contributed by atoms with Gasteiger partial charge in [0.15, 0.2) is 0 Å². The van der Waals surface area contributed by atoms with Gasteiger partial charge >= 0.3 is 0 Å². The second-order valence-corrected chi connectivity index (χ2v) is 4.31. The largest absolute Gasteiger partial charge is 0.462 e. The first-order valence-corrected chi connectivity index (χ1v) is 4.41. The van der Waals surface area contributed by atoms with Crippen LogP contribution >= 0.6 is 0 Å². The molecule has 0 amide bonds. The lowest BCUT2D eigenvalue weighted by Crippen LogP contribution is -2.53. The molecule has 0 saturated carbocycles. The number of nitrogens with zero attached hydrogens (tertiary/aromatic N) is 1. The third kappa shape index (κ3) is 7.74. The first-order valence-electron chi connectivity index (χ1n) is 4.41. The van der Waals surface area contributed by atoms with Gasteiger partial charge in [-0.1, -0.05) is 0 Å². The zero-order chi connectivity index (χ0) is 10.5. The van der Waals surface area contributed by atoms with E-state index in [1.807, 2.05) is 20.8 Å². The zero-order valence-corrected chi connectivity index (χ0v) is 8.91. The van der Waals surface area contributed by atoms with Gasteiger partial charge in [0.2, 0.25) is 0 Å². The van der Waals surface area contributed by atoms with Crippen molar-refractivity contribution in [1.29, 1.82) is 0 Å². The number of rotatable bonds is 1. The highest BCUT2D eigenvalue weighted by atomic mass is 16.5. The topological polar surface area (TPSA) is 55.6 Å². The van der Waals surface area contributed by atoms with E-state index in [0.29, 0.717) is 12.5 Å². The lowest BCUT2D eigenvalue weighted by atomic mass is 10.2. The molecule has 0 bridgehead atoms. The van der Waals surface area contributed by atoms with Gasteiger partial charge in [-0.05, 0) is 27.8 Å². The minimum Gasteiger partial charge on any atom is -0.462 e. The molecular weight excluding hydrogens is 168 g/mol. The molecule has 0 aromatic carbocycles. The number of likely N-dealkylation sites (N-methyl/N-ethyl adjacent to an activating group) is 1. The number of ether oxygens (including phenoxy) is 1. The summed E-state index contributed by atoms with van der Waals surface area (Å²) in [5, 5.41) is 0. The summed E-state index contributed by atoms with van der Waals surface area (Å²) in [5.41, 5.74) is 5.11. The molecule has 1 saturated heterocycles. The second kappa shape index (κ2) is 5.19. The summed E-state index contributed by atoms with van der Waals surface area (Å²) in [5.74, 6) is 0. The van der Waals surface area contributed by atoms with Gasteiger partial charge in [0.05, 0.1) is 0 Å². The van der Waals surface area contributed by atoms with E-state index in [4.69, 9.17) is 5.73 Å².